The first-order chi connectivity index (χ1) is 6.20. The zero-order chi connectivity index (χ0) is 10.1. The molecule has 0 aromatic heterocycles. The van der Waals surface area contributed by atoms with Gasteiger partial charge in [0, 0.05) is 0 Å². The summed E-state index contributed by atoms with van der Waals surface area (Å²) in [5.74, 6) is 0.685. The first kappa shape index (κ1) is 12.4. The lowest BCUT2D eigenvalue weighted by Gasteiger charge is -2.11. The molecular weight excluding hydrogens is 164 g/mol. The summed E-state index contributed by atoms with van der Waals surface area (Å²) in [6.07, 6.45) is 7.25. The molecule has 0 saturated heterocycles. The standard InChI is InChI=1S/C11H20O2/c1-3-10(2)7-8-11(13)6-4-5-9-12/h4-5,9-11,13H,3,6-8H2,1-2H3. The van der Waals surface area contributed by atoms with Crippen LogP contribution in [-0.4, -0.2) is 17.5 Å². The van der Waals surface area contributed by atoms with Gasteiger partial charge in [0.15, 0.2) is 0 Å². The molecule has 76 valence electrons. The Bertz CT molecular complexity index is 152. The molecule has 0 spiro atoms. The predicted octanol–water partition coefficient (Wildman–Crippen LogP) is 2.32. The van der Waals surface area contributed by atoms with Crippen molar-refractivity contribution in [2.75, 3.05) is 0 Å². The van der Waals surface area contributed by atoms with Gasteiger partial charge < -0.3 is 5.11 Å². The van der Waals surface area contributed by atoms with Crippen LogP contribution in [0.1, 0.15) is 39.5 Å². The van der Waals surface area contributed by atoms with E-state index < -0.39 is 0 Å². The lowest BCUT2D eigenvalue weighted by atomic mass is 9.99. The van der Waals surface area contributed by atoms with E-state index in [1.54, 1.807) is 6.08 Å². The van der Waals surface area contributed by atoms with Crippen molar-refractivity contribution >= 4 is 6.29 Å². The number of carbonyl (C=O) groups is 1. The van der Waals surface area contributed by atoms with Gasteiger partial charge in [-0.2, -0.15) is 0 Å². The van der Waals surface area contributed by atoms with Crippen molar-refractivity contribution in [2.24, 2.45) is 5.92 Å². The molecule has 2 heteroatoms. The molecule has 0 aliphatic carbocycles. The van der Waals surface area contributed by atoms with Crippen LogP contribution >= 0.6 is 0 Å². The van der Waals surface area contributed by atoms with Crippen LogP contribution in [0.3, 0.4) is 0 Å². The smallest absolute Gasteiger partial charge is 0.142 e. The number of aliphatic hydroxyl groups is 1. The molecule has 0 aromatic carbocycles. The predicted molar refractivity (Wildman–Crippen MR) is 54.5 cm³/mol. The Morgan fingerprint density at radius 1 is 1.38 bits per heavy atom. The van der Waals surface area contributed by atoms with Crippen LogP contribution in [0, 0.1) is 5.92 Å². The van der Waals surface area contributed by atoms with E-state index in [1.165, 1.54) is 6.08 Å². The second-order valence-corrected chi connectivity index (χ2v) is 3.54. The third-order valence-electron chi connectivity index (χ3n) is 2.31. The second kappa shape index (κ2) is 7.99. The van der Waals surface area contributed by atoms with E-state index in [0.717, 1.165) is 25.5 Å². The van der Waals surface area contributed by atoms with Crippen molar-refractivity contribution in [3.8, 4) is 0 Å². The van der Waals surface area contributed by atoms with E-state index in [-0.39, 0.29) is 6.10 Å². The van der Waals surface area contributed by atoms with E-state index in [1.807, 2.05) is 0 Å². The fraction of sp³-hybridized carbons (Fsp3) is 0.727. The molecule has 0 aliphatic heterocycles. The van der Waals surface area contributed by atoms with Crippen LogP contribution in [0.5, 0.6) is 0 Å². The first-order valence-electron chi connectivity index (χ1n) is 4.99. The SMILES string of the molecule is CCC(C)CCC(O)CC=CC=O. The summed E-state index contributed by atoms with van der Waals surface area (Å²) in [7, 11) is 0. The van der Waals surface area contributed by atoms with Gasteiger partial charge in [0.25, 0.3) is 0 Å². The summed E-state index contributed by atoms with van der Waals surface area (Å²) < 4.78 is 0. The van der Waals surface area contributed by atoms with Crippen molar-refractivity contribution in [3.05, 3.63) is 12.2 Å². The summed E-state index contributed by atoms with van der Waals surface area (Å²) >= 11 is 0. The molecule has 0 fully saturated rings. The van der Waals surface area contributed by atoms with Crippen molar-refractivity contribution in [2.45, 2.75) is 45.6 Å². The Hall–Kier alpha value is -0.630. The summed E-state index contributed by atoms with van der Waals surface area (Å²) in [4.78, 5) is 9.93. The molecule has 2 unspecified atom stereocenters. The minimum Gasteiger partial charge on any atom is -0.393 e. The largest absolute Gasteiger partial charge is 0.393 e. The highest BCUT2D eigenvalue weighted by Gasteiger charge is 2.04. The minimum atomic E-state index is -0.287. The number of rotatable bonds is 7. The zero-order valence-corrected chi connectivity index (χ0v) is 8.57. The molecule has 0 aliphatic rings. The molecule has 0 radical (unpaired) electrons. The minimum absolute atomic E-state index is 0.287. The monoisotopic (exact) mass is 184 g/mol. The van der Waals surface area contributed by atoms with Crippen molar-refractivity contribution in [3.63, 3.8) is 0 Å². The van der Waals surface area contributed by atoms with Crippen LogP contribution < -0.4 is 0 Å². The van der Waals surface area contributed by atoms with Gasteiger partial charge in [0.1, 0.15) is 6.29 Å². The first-order valence-corrected chi connectivity index (χ1v) is 4.99. The van der Waals surface area contributed by atoms with Crippen LogP contribution in [0.2, 0.25) is 0 Å². The van der Waals surface area contributed by atoms with Gasteiger partial charge in [-0.25, -0.2) is 0 Å². The number of allylic oxidation sites excluding steroid dienone is 1. The number of carbonyl (C=O) groups excluding carboxylic acids is 1. The lowest BCUT2D eigenvalue weighted by Crippen LogP contribution is -2.07. The molecule has 13 heavy (non-hydrogen) atoms. The molecule has 0 saturated carbocycles. The topological polar surface area (TPSA) is 37.3 Å². The Balaban J connectivity index is 3.44. The number of hydrogen-bond acceptors (Lipinski definition) is 2. The highest BCUT2D eigenvalue weighted by molar-refractivity contribution is 5.64. The van der Waals surface area contributed by atoms with E-state index in [4.69, 9.17) is 0 Å². The Morgan fingerprint density at radius 3 is 2.62 bits per heavy atom. The normalized spacial score (nSPS) is 15.9. The van der Waals surface area contributed by atoms with Crippen molar-refractivity contribution in [1.29, 1.82) is 0 Å². The fourth-order valence-electron chi connectivity index (χ4n) is 1.09. The molecule has 0 bridgehead atoms. The molecule has 2 nitrogen and oxygen atoms in total. The van der Waals surface area contributed by atoms with Gasteiger partial charge >= 0.3 is 0 Å². The van der Waals surface area contributed by atoms with Crippen molar-refractivity contribution in [1.82, 2.24) is 0 Å². The van der Waals surface area contributed by atoms with E-state index in [9.17, 15) is 9.90 Å². The van der Waals surface area contributed by atoms with E-state index in [0.29, 0.717) is 12.3 Å². The fourth-order valence-corrected chi connectivity index (χ4v) is 1.09. The summed E-state index contributed by atoms with van der Waals surface area (Å²) in [5.41, 5.74) is 0. The van der Waals surface area contributed by atoms with Gasteiger partial charge in [0.2, 0.25) is 0 Å². The maximum absolute atomic E-state index is 9.93. The third kappa shape index (κ3) is 7.72. The third-order valence-corrected chi connectivity index (χ3v) is 2.31. The van der Waals surface area contributed by atoms with Gasteiger partial charge in [-0.15, -0.1) is 0 Å². The van der Waals surface area contributed by atoms with Crippen LogP contribution in [0.4, 0.5) is 0 Å². The molecule has 0 amide bonds. The summed E-state index contributed by atoms with van der Waals surface area (Å²) in [5, 5.41) is 9.45. The van der Waals surface area contributed by atoms with Crippen LogP contribution in [-0.2, 0) is 4.79 Å². The Labute approximate surface area is 80.7 Å². The second-order valence-electron chi connectivity index (χ2n) is 3.54. The molecule has 0 rings (SSSR count). The molecule has 1 N–H and O–H groups in total. The Kier molecular flexibility index (Phi) is 7.60. The molecule has 0 aromatic rings. The summed E-state index contributed by atoms with van der Waals surface area (Å²) in [6, 6.07) is 0. The van der Waals surface area contributed by atoms with Gasteiger partial charge in [-0.1, -0.05) is 26.3 Å². The zero-order valence-electron chi connectivity index (χ0n) is 8.57. The quantitative estimate of drug-likeness (QED) is 0.487. The summed E-state index contributed by atoms with van der Waals surface area (Å²) in [6.45, 7) is 4.34. The van der Waals surface area contributed by atoms with E-state index in [2.05, 4.69) is 13.8 Å². The number of hydrogen-bond donors (Lipinski definition) is 1. The maximum atomic E-state index is 9.93. The van der Waals surface area contributed by atoms with Gasteiger partial charge in [-0.3, -0.25) is 4.79 Å². The average molecular weight is 184 g/mol. The molecular formula is C11H20O2. The van der Waals surface area contributed by atoms with Gasteiger partial charge in [-0.05, 0) is 31.3 Å². The molecule has 2 atom stereocenters. The molecule has 0 heterocycles. The average Bonchev–Trinajstić information content (AvgIpc) is 2.14. The number of aldehydes is 1. The maximum Gasteiger partial charge on any atom is 0.142 e. The van der Waals surface area contributed by atoms with Gasteiger partial charge in [0.05, 0.1) is 6.10 Å². The highest BCUT2D eigenvalue weighted by Crippen LogP contribution is 2.12. The number of aliphatic hydroxyl groups excluding tert-OH is 1. The van der Waals surface area contributed by atoms with Crippen LogP contribution in [0.15, 0.2) is 12.2 Å². The van der Waals surface area contributed by atoms with E-state index >= 15 is 0 Å². The Morgan fingerprint density at radius 2 is 2.08 bits per heavy atom. The highest BCUT2D eigenvalue weighted by atomic mass is 16.3. The van der Waals surface area contributed by atoms with Crippen LogP contribution in [0.25, 0.3) is 0 Å². The lowest BCUT2D eigenvalue weighted by molar-refractivity contribution is -0.104. The van der Waals surface area contributed by atoms with Crippen molar-refractivity contribution < 1.29 is 9.90 Å².